The molecule has 0 aromatic rings. The largest absolute Gasteiger partial charge is 0.481 e. The summed E-state index contributed by atoms with van der Waals surface area (Å²) in [5.74, 6) is -5.57. The molecule has 0 aromatic carbocycles. The normalized spacial score (nSPS) is 18.3. The molecule has 0 bridgehead atoms. The topological polar surface area (TPSA) is 222 Å². The lowest BCUT2D eigenvalue weighted by molar-refractivity contribution is -0.150. The van der Waals surface area contributed by atoms with Crippen molar-refractivity contribution in [1.82, 2.24) is 15.5 Å². The van der Waals surface area contributed by atoms with Gasteiger partial charge in [-0.3, -0.25) is 24.0 Å². The third-order valence-electron chi connectivity index (χ3n) is 5.42. The number of hydrogen-bond donors (Lipinski definition) is 6. The first-order valence-corrected chi connectivity index (χ1v) is 10.7. The van der Waals surface area contributed by atoms with Gasteiger partial charge >= 0.3 is 11.9 Å². The van der Waals surface area contributed by atoms with Crippen LogP contribution in [-0.2, 0) is 28.8 Å². The molecular weight excluding hydrogens is 438 g/mol. The molecule has 33 heavy (non-hydrogen) atoms. The first-order valence-electron chi connectivity index (χ1n) is 10.7. The van der Waals surface area contributed by atoms with E-state index in [1.54, 1.807) is 13.8 Å². The van der Waals surface area contributed by atoms with Crippen LogP contribution in [-0.4, -0.2) is 81.4 Å². The van der Waals surface area contributed by atoms with Gasteiger partial charge in [-0.25, -0.2) is 4.79 Å². The van der Waals surface area contributed by atoms with Crippen molar-refractivity contribution in [2.75, 3.05) is 6.54 Å². The number of likely N-dealkylation sites (tertiary alicyclic amines) is 1. The van der Waals surface area contributed by atoms with E-state index in [9.17, 15) is 33.9 Å². The zero-order valence-corrected chi connectivity index (χ0v) is 18.8. The van der Waals surface area contributed by atoms with Crippen molar-refractivity contribution in [3.8, 4) is 0 Å². The van der Waals surface area contributed by atoms with Crippen LogP contribution in [0.1, 0.15) is 52.4 Å². The van der Waals surface area contributed by atoms with Gasteiger partial charge in [0.2, 0.25) is 23.6 Å². The third-order valence-corrected chi connectivity index (χ3v) is 5.42. The fourth-order valence-electron chi connectivity index (χ4n) is 3.41. The van der Waals surface area contributed by atoms with Crippen molar-refractivity contribution < 1.29 is 39.0 Å². The Hall–Kier alpha value is -3.22. The number of amides is 4. The lowest BCUT2D eigenvalue weighted by Gasteiger charge is -2.29. The number of carboxylic acids is 2. The Balaban J connectivity index is 3.05. The second-order valence-electron chi connectivity index (χ2n) is 8.36. The maximum Gasteiger partial charge on any atom is 0.326 e. The summed E-state index contributed by atoms with van der Waals surface area (Å²) in [6.45, 7) is 3.57. The van der Waals surface area contributed by atoms with Gasteiger partial charge in [0.05, 0.1) is 6.04 Å². The Bertz CT molecular complexity index is 772. The Kier molecular flexibility index (Phi) is 10.7. The van der Waals surface area contributed by atoms with Crippen LogP contribution in [0.4, 0.5) is 0 Å². The Morgan fingerprint density at radius 2 is 1.55 bits per heavy atom. The zero-order chi connectivity index (χ0) is 25.3. The van der Waals surface area contributed by atoms with Gasteiger partial charge in [0.15, 0.2) is 0 Å². The van der Waals surface area contributed by atoms with E-state index >= 15 is 0 Å². The minimum atomic E-state index is -1.33. The van der Waals surface area contributed by atoms with E-state index in [-0.39, 0.29) is 38.1 Å². The van der Waals surface area contributed by atoms with Crippen LogP contribution in [0.25, 0.3) is 0 Å². The highest BCUT2D eigenvalue weighted by molar-refractivity contribution is 5.94. The lowest BCUT2D eigenvalue weighted by atomic mass is 10.0. The molecule has 8 N–H and O–H groups in total. The van der Waals surface area contributed by atoms with Crippen molar-refractivity contribution in [1.29, 1.82) is 0 Å². The van der Waals surface area contributed by atoms with Crippen molar-refractivity contribution in [2.24, 2.45) is 17.4 Å². The molecule has 186 valence electrons. The molecule has 0 aliphatic carbocycles. The standard InChI is InChI=1S/C20H33N5O8/c1-10(2)16(22)18(30)23-11(5-7-14(21)26)17(29)24-12(6-8-15(27)28)19(31)25-9-3-4-13(25)20(32)33/h10-13,16H,3-9,22H2,1-2H3,(H2,21,26)(H,23,30)(H,24,29)(H,27,28)(H,32,33). The van der Waals surface area contributed by atoms with Gasteiger partial charge in [-0.1, -0.05) is 13.8 Å². The van der Waals surface area contributed by atoms with E-state index in [0.29, 0.717) is 6.42 Å². The molecule has 0 spiro atoms. The molecule has 0 aromatic heterocycles. The van der Waals surface area contributed by atoms with Crippen molar-refractivity contribution in [3.05, 3.63) is 0 Å². The average molecular weight is 472 g/mol. The first-order chi connectivity index (χ1) is 15.3. The van der Waals surface area contributed by atoms with Crippen LogP contribution in [0.5, 0.6) is 0 Å². The van der Waals surface area contributed by atoms with Gasteiger partial charge < -0.3 is 37.2 Å². The molecule has 4 amide bonds. The SMILES string of the molecule is CC(C)C(N)C(=O)NC(CCC(N)=O)C(=O)NC(CCC(=O)O)C(=O)N1CCCC1C(=O)O. The lowest BCUT2D eigenvalue weighted by Crippen LogP contribution is -2.57. The van der Waals surface area contributed by atoms with Crippen LogP contribution in [0.15, 0.2) is 0 Å². The number of hydrogen-bond acceptors (Lipinski definition) is 7. The van der Waals surface area contributed by atoms with E-state index < -0.39 is 66.2 Å². The van der Waals surface area contributed by atoms with Gasteiger partial charge in [0.1, 0.15) is 18.1 Å². The van der Waals surface area contributed by atoms with Crippen LogP contribution in [0.2, 0.25) is 0 Å². The maximum atomic E-state index is 13.0. The molecule has 1 aliphatic rings. The highest BCUT2D eigenvalue weighted by atomic mass is 16.4. The van der Waals surface area contributed by atoms with E-state index in [1.165, 1.54) is 0 Å². The number of nitrogens with two attached hydrogens (primary N) is 2. The molecular formula is C20H33N5O8. The minimum absolute atomic E-state index is 0.153. The molecule has 1 rings (SSSR count). The monoisotopic (exact) mass is 471 g/mol. The average Bonchev–Trinajstić information content (AvgIpc) is 3.22. The van der Waals surface area contributed by atoms with Crippen LogP contribution in [0.3, 0.4) is 0 Å². The highest BCUT2D eigenvalue weighted by Crippen LogP contribution is 2.20. The summed E-state index contributed by atoms with van der Waals surface area (Å²) in [4.78, 5) is 73.1. The van der Waals surface area contributed by atoms with Crippen LogP contribution in [0, 0.1) is 5.92 Å². The zero-order valence-electron chi connectivity index (χ0n) is 18.8. The second-order valence-corrected chi connectivity index (χ2v) is 8.36. The summed E-state index contributed by atoms with van der Waals surface area (Å²) in [5, 5.41) is 23.2. The van der Waals surface area contributed by atoms with Crippen molar-refractivity contribution in [2.45, 2.75) is 76.5 Å². The predicted molar refractivity (Wildman–Crippen MR) is 114 cm³/mol. The number of nitrogens with one attached hydrogen (secondary N) is 2. The van der Waals surface area contributed by atoms with Crippen LogP contribution >= 0.6 is 0 Å². The summed E-state index contributed by atoms with van der Waals surface area (Å²) >= 11 is 0. The molecule has 1 fully saturated rings. The summed E-state index contributed by atoms with van der Waals surface area (Å²) in [6, 6.07) is -4.60. The van der Waals surface area contributed by atoms with E-state index in [4.69, 9.17) is 16.6 Å². The number of primary amides is 1. The summed E-state index contributed by atoms with van der Waals surface area (Å²) in [7, 11) is 0. The molecule has 4 unspecified atom stereocenters. The van der Waals surface area contributed by atoms with E-state index in [1.807, 2.05) is 0 Å². The Morgan fingerprint density at radius 3 is 2.06 bits per heavy atom. The second kappa shape index (κ2) is 12.7. The van der Waals surface area contributed by atoms with Gasteiger partial charge in [-0.05, 0) is 31.6 Å². The molecule has 0 radical (unpaired) electrons. The number of carbonyl (C=O) groups excluding carboxylic acids is 4. The molecule has 1 heterocycles. The smallest absolute Gasteiger partial charge is 0.326 e. The fourth-order valence-corrected chi connectivity index (χ4v) is 3.41. The number of rotatable bonds is 13. The molecule has 4 atom stereocenters. The van der Waals surface area contributed by atoms with Crippen LogP contribution < -0.4 is 22.1 Å². The van der Waals surface area contributed by atoms with Crippen molar-refractivity contribution in [3.63, 3.8) is 0 Å². The fraction of sp³-hybridized carbons (Fsp3) is 0.700. The quantitative estimate of drug-likeness (QED) is 0.177. The first kappa shape index (κ1) is 27.8. The third kappa shape index (κ3) is 8.67. The maximum absolute atomic E-state index is 13.0. The summed E-state index contributed by atoms with van der Waals surface area (Å²) < 4.78 is 0. The van der Waals surface area contributed by atoms with Crippen molar-refractivity contribution >= 4 is 35.6 Å². The predicted octanol–water partition coefficient (Wildman–Crippen LogP) is -1.85. The van der Waals surface area contributed by atoms with E-state index in [0.717, 1.165) is 4.90 Å². The summed E-state index contributed by atoms with van der Waals surface area (Å²) in [6.07, 6.45) is -0.462. The highest BCUT2D eigenvalue weighted by Gasteiger charge is 2.38. The Morgan fingerprint density at radius 1 is 0.970 bits per heavy atom. The Labute approximate surface area is 191 Å². The van der Waals surface area contributed by atoms with E-state index in [2.05, 4.69) is 10.6 Å². The number of carboxylic acid groups (broad SMARTS) is 2. The number of aliphatic carboxylic acids is 2. The number of nitrogens with zero attached hydrogens (tertiary/aromatic N) is 1. The minimum Gasteiger partial charge on any atom is -0.481 e. The molecule has 13 nitrogen and oxygen atoms in total. The summed E-state index contributed by atoms with van der Waals surface area (Å²) in [5.41, 5.74) is 11.0. The molecule has 0 saturated carbocycles. The van der Waals surface area contributed by atoms with Gasteiger partial charge in [0, 0.05) is 19.4 Å². The molecule has 13 heteroatoms. The molecule has 1 saturated heterocycles. The van der Waals surface area contributed by atoms with Gasteiger partial charge in [-0.15, -0.1) is 0 Å². The molecule has 1 aliphatic heterocycles. The van der Waals surface area contributed by atoms with Gasteiger partial charge in [-0.2, -0.15) is 0 Å². The van der Waals surface area contributed by atoms with Gasteiger partial charge in [0.25, 0.3) is 0 Å². The number of carbonyl (C=O) groups is 6.